The molecule has 3 rings (SSSR count). The van der Waals surface area contributed by atoms with Crippen LogP contribution in [0.4, 0.5) is 10.1 Å². The van der Waals surface area contributed by atoms with Crippen LogP contribution in [-0.2, 0) is 20.9 Å². The monoisotopic (exact) mass is 399 g/mol. The van der Waals surface area contributed by atoms with Crippen molar-refractivity contribution in [3.05, 3.63) is 65.7 Å². The molecular formula is C23H26FNO4. The summed E-state index contributed by atoms with van der Waals surface area (Å²) in [5.74, 6) is -0.0462. The summed E-state index contributed by atoms with van der Waals surface area (Å²) in [5, 5.41) is 0. The Bertz CT molecular complexity index is 892. The van der Waals surface area contributed by atoms with Gasteiger partial charge in [0.1, 0.15) is 12.2 Å². The number of rotatable bonds is 9. The summed E-state index contributed by atoms with van der Waals surface area (Å²) >= 11 is 0. The molecule has 1 fully saturated rings. The zero-order chi connectivity index (χ0) is 20.8. The van der Waals surface area contributed by atoms with Gasteiger partial charge >= 0.3 is 5.97 Å². The summed E-state index contributed by atoms with van der Waals surface area (Å²) in [7, 11) is 4.74. The first kappa shape index (κ1) is 20.7. The summed E-state index contributed by atoms with van der Waals surface area (Å²) in [6.07, 6.45) is 3.83. The quantitative estimate of drug-likeness (QED) is 0.355. The Balaban J connectivity index is 1.74. The zero-order valence-electron chi connectivity index (χ0n) is 17.0. The van der Waals surface area contributed by atoms with Gasteiger partial charge in [-0.3, -0.25) is 0 Å². The third-order valence-electron chi connectivity index (χ3n) is 4.92. The lowest BCUT2D eigenvalue weighted by Gasteiger charge is -2.20. The Hall–Kier alpha value is -3.02. The van der Waals surface area contributed by atoms with Gasteiger partial charge in [-0.25, -0.2) is 9.18 Å². The van der Waals surface area contributed by atoms with Gasteiger partial charge in [-0.2, -0.15) is 0 Å². The molecule has 0 atom stereocenters. The van der Waals surface area contributed by atoms with Crippen LogP contribution in [0, 0.1) is 11.7 Å². The SMILES string of the molecule is COC=C(C(=O)OC)c1ccccc1COc1ccc(N(C)CC2CC2)cc1F. The van der Waals surface area contributed by atoms with Crippen molar-refractivity contribution in [1.82, 2.24) is 0 Å². The number of ether oxygens (including phenoxy) is 3. The number of carbonyl (C=O) groups excluding carboxylic acids is 1. The molecule has 0 spiro atoms. The maximum Gasteiger partial charge on any atom is 0.341 e. The first-order valence-electron chi connectivity index (χ1n) is 9.56. The van der Waals surface area contributed by atoms with Crippen LogP contribution in [0.2, 0.25) is 0 Å². The molecular weight excluding hydrogens is 373 g/mol. The van der Waals surface area contributed by atoms with E-state index in [1.807, 2.05) is 25.2 Å². The van der Waals surface area contributed by atoms with Crippen LogP contribution >= 0.6 is 0 Å². The summed E-state index contributed by atoms with van der Waals surface area (Å²) in [4.78, 5) is 14.2. The Morgan fingerprint density at radius 2 is 1.97 bits per heavy atom. The van der Waals surface area contributed by atoms with Gasteiger partial charge in [0.2, 0.25) is 0 Å². The van der Waals surface area contributed by atoms with Crippen molar-refractivity contribution >= 4 is 17.2 Å². The zero-order valence-corrected chi connectivity index (χ0v) is 17.0. The van der Waals surface area contributed by atoms with E-state index in [1.54, 1.807) is 18.2 Å². The molecule has 0 amide bonds. The summed E-state index contributed by atoms with van der Waals surface area (Å²) < 4.78 is 30.1. The van der Waals surface area contributed by atoms with E-state index in [-0.39, 0.29) is 17.9 Å². The van der Waals surface area contributed by atoms with Gasteiger partial charge in [0.05, 0.1) is 20.5 Å². The molecule has 5 nitrogen and oxygen atoms in total. The van der Waals surface area contributed by atoms with Gasteiger partial charge in [0.15, 0.2) is 11.6 Å². The van der Waals surface area contributed by atoms with Crippen LogP contribution in [-0.4, -0.2) is 33.8 Å². The summed E-state index contributed by atoms with van der Waals surface area (Å²) in [6, 6.07) is 12.2. The average molecular weight is 399 g/mol. The number of methoxy groups -OCH3 is 2. The highest BCUT2D eigenvalue weighted by molar-refractivity contribution is 6.16. The van der Waals surface area contributed by atoms with E-state index in [0.29, 0.717) is 5.56 Å². The van der Waals surface area contributed by atoms with Gasteiger partial charge in [0, 0.05) is 25.3 Å². The van der Waals surface area contributed by atoms with E-state index in [4.69, 9.17) is 14.2 Å². The third-order valence-corrected chi connectivity index (χ3v) is 4.92. The minimum atomic E-state index is -0.520. The fraction of sp³-hybridized carbons (Fsp3) is 0.348. The Labute approximate surface area is 170 Å². The molecule has 0 heterocycles. The second-order valence-corrected chi connectivity index (χ2v) is 7.14. The molecule has 0 saturated heterocycles. The number of benzene rings is 2. The average Bonchev–Trinajstić information content (AvgIpc) is 3.55. The van der Waals surface area contributed by atoms with Crippen molar-refractivity contribution in [2.24, 2.45) is 5.92 Å². The maximum absolute atomic E-state index is 14.6. The molecule has 1 saturated carbocycles. The van der Waals surface area contributed by atoms with Gasteiger partial charge < -0.3 is 19.1 Å². The second kappa shape index (κ2) is 9.45. The van der Waals surface area contributed by atoms with Gasteiger partial charge in [0.25, 0.3) is 0 Å². The summed E-state index contributed by atoms with van der Waals surface area (Å²) in [6.45, 7) is 1.04. The van der Waals surface area contributed by atoms with Crippen LogP contribution in [0.5, 0.6) is 5.75 Å². The molecule has 0 bridgehead atoms. The predicted octanol–water partition coefficient (Wildman–Crippen LogP) is 4.41. The molecule has 0 unspecified atom stereocenters. The summed E-state index contributed by atoms with van der Waals surface area (Å²) in [5.41, 5.74) is 2.43. The van der Waals surface area contributed by atoms with Crippen LogP contribution in [0.1, 0.15) is 24.0 Å². The fourth-order valence-corrected chi connectivity index (χ4v) is 3.15. The number of hydrogen-bond donors (Lipinski definition) is 0. The lowest BCUT2D eigenvalue weighted by atomic mass is 10.0. The molecule has 2 aromatic carbocycles. The fourth-order valence-electron chi connectivity index (χ4n) is 3.15. The minimum absolute atomic E-state index is 0.0996. The van der Waals surface area contributed by atoms with Gasteiger partial charge in [-0.1, -0.05) is 24.3 Å². The molecule has 0 N–H and O–H groups in total. The van der Waals surface area contributed by atoms with E-state index < -0.39 is 11.8 Å². The van der Waals surface area contributed by atoms with E-state index in [0.717, 1.165) is 23.7 Å². The van der Waals surface area contributed by atoms with E-state index in [2.05, 4.69) is 4.90 Å². The molecule has 154 valence electrons. The van der Waals surface area contributed by atoms with Crippen molar-refractivity contribution in [3.63, 3.8) is 0 Å². The second-order valence-electron chi connectivity index (χ2n) is 7.14. The lowest BCUT2D eigenvalue weighted by molar-refractivity contribution is -0.133. The number of esters is 1. The topological polar surface area (TPSA) is 48.0 Å². The Morgan fingerprint density at radius 3 is 2.62 bits per heavy atom. The standard InChI is InChI=1S/C23H26FNO4/c1-25(13-16-8-9-16)18-10-11-22(21(24)12-18)29-14-17-6-4-5-7-19(17)20(15-27-2)23(26)28-3/h4-7,10-12,15-16H,8-9,13-14H2,1-3H3. The molecule has 0 radical (unpaired) electrons. The molecule has 29 heavy (non-hydrogen) atoms. The van der Waals surface area contributed by atoms with Crippen LogP contribution in [0.3, 0.4) is 0 Å². The molecule has 6 heteroatoms. The highest BCUT2D eigenvalue weighted by Crippen LogP contribution is 2.32. The lowest BCUT2D eigenvalue weighted by Crippen LogP contribution is -2.20. The molecule has 1 aliphatic rings. The van der Waals surface area contributed by atoms with Gasteiger partial charge in [-0.05, 0) is 42.0 Å². The highest BCUT2D eigenvalue weighted by atomic mass is 19.1. The first-order valence-corrected chi connectivity index (χ1v) is 9.56. The van der Waals surface area contributed by atoms with Crippen LogP contribution < -0.4 is 9.64 Å². The van der Waals surface area contributed by atoms with E-state index >= 15 is 0 Å². The molecule has 1 aliphatic carbocycles. The first-order chi connectivity index (χ1) is 14.0. The van der Waals surface area contributed by atoms with Crippen LogP contribution in [0.25, 0.3) is 5.57 Å². The number of hydrogen-bond acceptors (Lipinski definition) is 5. The number of anilines is 1. The van der Waals surface area contributed by atoms with Gasteiger partial charge in [-0.15, -0.1) is 0 Å². The predicted molar refractivity (Wildman–Crippen MR) is 110 cm³/mol. The van der Waals surface area contributed by atoms with Crippen molar-refractivity contribution in [1.29, 1.82) is 0 Å². The smallest absolute Gasteiger partial charge is 0.341 e. The molecule has 0 aliphatic heterocycles. The minimum Gasteiger partial charge on any atom is -0.503 e. The van der Waals surface area contributed by atoms with Crippen molar-refractivity contribution < 1.29 is 23.4 Å². The van der Waals surface area contributed by atoms with E-state index in [9.17, 15) is 9.18 Å². The highest BCUT2D eigenvalue weighted by Gasteiger charge is 2.23. The normalized spacial score (nSPS) is 13.7. The number of nitrogens with zero attached hydrogens (tertiary/aromatic N) is 1. The third kappa shape index (κ3) is 5.28. The number of halogens is 1. The Morgan fingerprint density at radius 1 is 1.21 bits per heavy atom. The van der Waals surface area contributed by atoms with E-state index in [1.165, 1.54) is 39.4 Å². The van der Waals surface area contributed by atoms with Crippen molar-refractivity contribution in [3.8, 4) is 5.75 Å². The largest absolute Gasteiger partial charge is 0.503 e. The number of carbonyl (C=O) groups is 1. The maximum atomic E-state index is 14.6. The molecule has 0 aromatic heterocycles. The Kier molecular flexibility index (Phi) is 6.75. The van der Waals surface area contributed by atoms with Crippen molar-refractivity contribution in [2.45, 2.75) is 19.4 Å². The van der Waals surface area contributed by atoms with Crippen LogP contribution in [0.15, 0.2) is 48.7 Å². The van der Waals surface area contributed by atoms with Crippen molar-refractivity contribution in [2.75, 3.05) is 32.7 Å². The molecule has 2 aromatic rings.